The van der Waals surface area contributed by atoms with Crippen molar-refractivity contribution in [1.82, 2.24) is 5.32 Å². The molecule has 0 aliphatic rings. The van der Waals surface area contributed by atoms with E-state index < -0.39 is 10.0 Å². The second-order valence-electron chi connectivity index (χ2n) is 6.15. The van der Waals surface area contributed by atoms with Gasteiger partial charge in [-0.2, -0.15) is 0 Å². The van der Waals surface area contributed by atoms with Crippen molar-refractivity contribution in [2.75, 3.05) is 11.0 Å². The highest BCUT2D eigenvalue weighted by molar-refractivity contribution is 7.92. The summed E-state index contributed by atoms with van der Waals surface area (Å²) in [6.45, 7) is 6.35. The summed E-state index contributed by atoms with van der Waals surface area (Å²) in [5.41, 5.74) is 0.840. The van der Waals surface area contributed by atoms with Crippen LogP contribution in [0.15, 0.2) is 24.3 Å². The fourth-order valence-electron chi connectivity index (χ4n) is 2.15. The van der Waals surface area contributed by atoms with Crippen LogP contribution in [0.5, 0.6) is 0 Å². The average Bonchev–Trinajstić information content (AvgIpc) is 2.36. The van der Waals surface area contributed by atoms with E-state index in [1.807, 2.05) is 6.92 Å². The van der Waals surface area contributed by atoms with Crippen LogP contribution in [0.4, 0.5) is 5.69 Å². The lowest BCUT2D eigenvalue weighted by Crippen LogP contribution is -2.32. The Hall–Kier alpha value is -1.56. The van der Waals surface area contributed by atoms with Crippen molar-refractivity contribution >= 4 is 21.6 Å². The van der Waals surface area contributed by atoms with Crippen LogP contribution in [0, 0.1) is 5.92 Å². The molecule has 1 rings (SSSR count). The predicted octanol–water partition coefficient (Wildman–Crippen LogP) is 3.00. The number of amides is 1. The molecule has 5 nitrogen and oxygen atoms in total. The van der Waals surface area contributed by atoms with Crippen LogP contribution in [0.3, 0.4) is 0 Å². The van der Waals surface area contributed by atoms with Crippen molar-refractivity contribution in [2.24, 2.45) is 5.92 Å². The Kier molecular flexibility index (Phi) is 6.87. The lowest BCUT2D eigenvalue weighted by atomic mass is 10.0. The molecular weight excluding hydrogens is 300 g/mol. The zero-order chi connectivity index (χ0) is 16.8. The minimum Gasteiger partial charge on any atom is -0.350 e. The Balaban J connectivity index is 2.60. The summed E-state index contributed by atoms with van der Waals surface area (Å²) in [5.74, 6) is 0.482. The van der Waals surface area contributed by atoms with Gasteiger partial charge in [0.1, 0.15) is 0 Å². The van der Waals surface area contributed by atoms with Crippen molar-refractivity contribution in [1.29, 1.82) is 0 Å². The number of carbonyl (C=O) groups excluding carboxylic acids is 1. The topological polar surface area (TPSA) is 75.3 Å². The third kappa shape index (κ3) is 7.45. The summed E-state index contributed by atoms with van der Waals surface area (Å²) in [6, 6.07) is 6.58. The van der Waals surface area contributed by atoms with Crippen molar-refractivity contribution in [3.8, 4) is 0 Å². The van der Waals surface area contributed by atoms with Crippen LogP contribution in [-0.2, 0) is 10.0 Å². The molecule has 0 aromatic heterocycles. The molecule has 1 aromatic rings. The summed E-state index contributed by atoms with van der Waals surface area (Å²) in [5, 5.41) is 2.94. The van der Waals surface area contributed by atoms with Crippen molar-refractivity contribution in [3.63, 3.8) is 0 Å². The Morgan fingerprint density at radius 1 is 1.18 bits per heavy atom. The molecule has 1 atom stereocenters. The first kappa shape index (κ1) is 18.5. The number of nitrogens with one attached hydrogen (secondary N) is 2. The number of benzene rings is 1. The van der Waals surface area contributed by atoms with Gasteiger partial charge in [-0.3, -0.25) is 9.52 Å². The van der Waals surface area contributed by atoms with E-state index in [4.69, 9.17) is 0 Å². The summed E-state index contributed by atoms with van der Waals surface area (Å²) in [4.78, 5) is 12.2. The molecule has 0 heterocycles. The fraction of sp³-hybridized carbons (Fsp3) is 0.562. The Labute approximate surface area is 133 Å². The molecule has 124 valence electrons. The van der Waals surface area contributed by atoms with Gasteiger partial charge in [-0.1, -0.05) is 32.8 Å². The second-order valence-corrected chi connectivity index (χ2v) is 7.90. The quantitative estimate of drug-likeness (QED) is 0.771. The molecule has 0 spiro atoms. The van der Waals surface area contributed by atoms with Crippen molar-refractivity contribution in [2.45, 2.75) is 46.1 Å². The molecule has 1 unspecified atom stereocenters. The Morgan fingerprint density at radius 2 is 1.86 bits per heavy atom. The van der Waals surface area contributed by atoms with Crippen LogP contribution in [0.1, 0.15) is 50.4 Å². The first-order valence-electron chi connectivity index (χ1n) is 7.56. The van der Waals surface area contributed by atoms with Gasteiger partial charge in [-0.05, 0) is 37.5 Å². The van der Waals surface area contributed by atoms with Crippen LogP contribution >= 0.6 is 0 Å². The minimum atomic E-state index is -3.34. The molecule has 0 aliphatic heterocycles. The SMILES string of the molecule is CC(C)CCCC(C)NC(=O)c1cccc(NS(C)(=O)=O)c1. The molecule has 22 heavy (non-hydrogen) atoms. The summed E-state index contributed by atoms with van der Waals surface area (Å²) < 4.78 is 24.8. The molecule has 1 amide bonds. The maximum absolute atomic E-state index is 12.2. The highest BCUT2D eigenvalue weighted by Gasteiger charge is 2.11. The third-order valence-electron chi connectivity index (χ3n) is 3.22. The van der Waals surface area contributed by atoms with E-state index >= 15 is 0 Å². The fourth-order valence-corrected chi connectivity index (χ4v) is 2.70. The predicted molar refractivity (Wildman–Crippen MR) is 90.5 cm³/mol. The number of carbonyl (C=O) groups is 1. The molecular formula is C16H26N2O3S. The molecule has 0 bridgehead atoms. The van der Waals surface area contributed by atoms with E-state index in [0.29, 0.717) is 17.2 Å². The zero-order valence-electron chi connectivity index (χ0n) is 13.7. The molecule has 6 heteroatoms. The van der Waals surface area contributed by atoms with Gasteiger partial charge in [0.15, 0.2) is 0 Å². The van der Waals surface area contributed by atoms with E-state index in [-0.39, 0.29) is 11.9 Å². The van der Waals surface area contributed by atoms with Gasteiger partial charge in [0.2, 0.25) is 10.0 Å². The Morgan fingerprint density at radius 3 is 2.45 bits per heavy atom. The van der Waals surface area contributed by atoms with Gasteiger partial charge in [0.25, 0.3) is 5.91 Å². The van der Waals surface area contributed by atoms with Crippen LogP contribution in [-0.4, -0.2) is 26.6 Å². The maximum atomic E-state index is 12.2. The molecule has 0 saturated heterocycles. The first-order chi connectivity index (χ1) is 10.2. The standard InChI is InChI=1S/C16H26N2O3S/c1-12(2)7-5-8-13(3)17-16(19)14-9-6-10-15(11-14)18-22(4,20)21/h6,9-13,18H,5,7-8H2,1-4H3,(H,17,19). The average molecular weight is 326 g/mol. The van der Waals surface area contributed by atoms with E-state index in [1.165, 1.54) is 6.07 Å². The van der Waals surface area contributed by atoms with Crippen LogP contribution in [0.25, 0.3) is 0 Å². The van der Waals surface area contributed by atoms with Gasteiger partial charge in [-0.15, -0.1) is 0 Å². The largest absolute Gasteiger partial charge is 0.350 e. The highest BCUT2D eigenvalue weighted by atomic mass is 32.2. The zero-order valence-corrected chi connectivity index (χ0v) is 14.5. The number of sulfonamides is 1. The molecule has 0 saturated carbocycles. The maximum Gasteiger partial charge on any atom is 0.251 e. The highest BCUT2D eigenvalue weighted by Crippen LogP contribution is 2.13. The summed E-state index contributed by atoms with van der Waals surface area (Å²) in [6.07, 6.45) is 4.24. The minimum absolute atomic E-state index is 0.0952. The second kappa shape index (κ2) is 8.17. The monoisotopic (exact) mass is 326 g/mol. The molecule has 0 radical (unpaired) electrons. The lowest BCUT2D eigenvalue weighted by Gasteiger charge is -2.15. The summed E-state index contributed by atoms with van der Waals surface area (Å²) in [7, 11) is -3.34. The third-order valence-corrected chi connectivity index (χ3v) is 3.83. The van der Waals surface area contributed by atoms with Gasteiger partial charge in [0, 0.05) is 17.3 Å². The summed E-state index contributed by atoms with van der Waals surface area (Å²) >= 11 is 0. The van der Waals surface area contributed by atoms with Gasteiger partial charge < -0.3 is 5.32 Å². The van der Waals surface area contributed by atoms with E-state index in [1.54, 1.807) is 18.2 Å². The Bertz CT molecular complexity index is 597. The van der Waals surface area contributed by atoms with Gasteiger partial charge in [-0.25, -0.2) is 8.42 Å². The molecule has 0 aliphatic carbocycles. The van der Waals surface area contributed by atoms with Crippen LogP contribution < -0.4 is 10.0 Å². The van der Waals surface area contributed by atoms with Crippen molar-refractivity contribution in [3.05, 3.63) is 29.8 Å². The number of anilines is 1. The number of rotatable bonds is 8. The molecule has 0 fully saturated rings. The lowest BCUT2D eigenvalue weighted by molar-refractivity contribution is 0.0938. The van der Waals surface area contributed by atoms with Crippen molar-refractivity contribution < 1.29 is 13.2 Å². The molecule has 1 aromatic carbocycles. The van der Waals surface area contributed by atoms with Gasteiger partial charge in [0.05, 0.1) is 6.26 Å². The van der Waals surface area contributed by atoms with Gasteiger partial charge >= 0.3 is 0 Å². The van der Waals surface area contributed by atoms with E-state index in [0.717, 1.165) is 25.5 Å². The normalized spacial score (nSPS) is 13.0. The smallest absolute Gasteiger partial charge is 0.251 e. The number of hydrogen-bond donors (Lipinski definition) is 2. The molecule has 2 N–H and O–H groups in total. The van der Waals surface area contributed by atoms with E-state index in [2.05, 4.69) is 23.9 Å². The number of hydrogen-bond acceptors (Lipinski definition) is 3. The first-order valence-corrected chi connectivity index (χ1v) is 9.45. The van der Waals surface area contributed by atoms with Crippen LogP contribution in [0.2, 0.25) is 0 Å². The van der Waals surface area contributed by atoms with E-state index in [9.17, 15) is 13.2 Å².